The highest BCUT2D eigenvalue weighted by atomic mass is 16.4. The van der Waals surface area contributed by atoms with Gasteiger partial charge in [-0.1, -0.05) is 31.0 Å². The molecule has 1 aromatic carbocycles. The van der Waals surface area contributed by atoms with Crippen molar-refractivity contribution in [3.8, 4) is 0 Å². The van der Waals surface area contributed by atoms with Crippen molar-refractivity contribution in [1.82, 2.24) is 15.1 Å². The molecule has 1 aromatic heterocycles. The molecule has 5 heteroatoms. The maximum Gasteiger partial charge on any atom is 0.253 e. The van der Waals surface area contributed by atoms with Crippen LogP contribution in [0.3, 0.4) is 0 Å². The van der Waals surface area contributed by atoms with Gasteiger partial charge in [-0.15, -0.1) is 10.2 Å². The standard InChI is InChI=1S/C19H25N3O2/c1-12(2)17-20-21-18(24-17)15-5-7-22(8-6-15)19(23)16-10-13(3)9-14(4)11-16/h9-12,15H,5-8H2,1-4H3. The molecule has 24 heavy (non-hydrogen) atoms. The van der Waals surface area contributed by atoms with Crippen molar-refractivity contribution < 1.29 is 9.21 Å². The fourth-order valence-electron chi connectivity index (χ4n) is 3.26. The molecule has 0 saturated carbocycles. The van der Waals surface area contributed by atoms with Crippen LogP contribution in [0.5, 0.6) is 0 Å². The van der Waals surface area contributed by atoms with Gasteiger partial charge in [-0.3, -0.25) is 4.79 Å². The van der Waals surface area contributed by atoms with Gasteiger partial charge in [0.05, 0.1) is 0 Å². The van der Waals surface area contributed by atoms with Crippen LogP contribution >= 0.6 is 0 Å². The molecule has 1 aliphatic heterocycles. The highest BCUT2D eigenvalue weighted by Gasteiger charge is 2.28. The molecule has 5 nitrogen and oxygen atoms in total. The Labute approximate surface area is 143 Å². The number of amides is 1. The molecule has 0 spiro atoms. The van der Waals surface area contributed by atoms with E-state index in [0.717, 1.165) is 48.5 Å². The van der Waals surface area contributed by atoms with Crippen LogP contribution in [0.4, 0.5) is 0 Å². The Morgan fingerprint density at radius 2 is 1.75 bits per heavy atom. The van der Waals surface area contributed by atoms with Crippen molar-refractivity contribution in [3.05, 3.63) is 46.7 Å². The summed E-state index contributed by atoms with van der Waals surface area (Å²) >= 11 is 0. The Hall–Kier alpha value is -2.17. The number of rotatable bonds is 3. The first-order valence-electron chi connectivity index (χ1n) is 8.65. The van der Waals surface area contributed by atoms with Crippen LogP contribution < -0.4 is 0 Å². The molecule has 1 saturated heterocycles. The summed E-state index contributed by atoms with van der Waals surface area (Å²) in [6, 6.07) is 6.02. The predicted molar refractivity (Wildman–Crippen MR) is 92.2 cm³/mol. The molecule has 0 unspecified atom stereocenters. The highest BCUT2D eigenvalue weighted by Crippen LogP contribution is 2.29. The minimum atomic E-state index is 0.119. The lowest BCUT2D eigenvalue weighted by Gasteiger charge is -2.30. The van der Waals surface area contributed by atoms with Gasteiger partial charge in [0, 0.05) is 30.5 Å². The summed E-state index contributed by atoms with van der Waals surface area (Å²) in [4.78, 5) is 14.7. The van der Waals surface area contributed by atoms with E-state index < -0.39 is 0 Å². The van der Waals surface area contributed by atoms with E-state index in [4.69, 9.17) is 4.42 Å². The summed E-state index contributed by atoms with van der Waals surface area (Å²) < 4.78 is 5.77. The Bertz CT molecular complexity index is 708. The molecule has 0 aliphatic carbocycles. The zero-order chi connectivity index (χ0) is 17.3. The van der Waals surface area contributed by atoms with Crippen molar-refractivity contribution in [2.75, 3.05) is 13.1 Å². The Kier molecular flexibility index (Phi) is 4.69. The lowest BCUT2D eigenvalue weighted by atomic mass is 9.96. The third-order valence-corrected chi connectivity index (χ3v) is 4.55. The smallest absolute Gasteiger partial charge is 0.253 e. The van der Waals surface area contributed by atoms with Crippen LogP contribution in [0, 0.1) is 13.8 Å². The molecular weight excluding hydrogens is 302 g/mol. The Balaban J connectivity index is 1.64. The molecular formula is C19H25N3O2. The number of piperidine rings is 1. The highest BCUT2D eigenvalue weighted by molar-refractivity contribution is 5.94. The summed E-state index contributed by atoms with van der Waals surface area (Å²) in [5.74, 6) is 2.04. The second-order valence-electron chi connectivity index (χ2n) is 7.08. The molecule has 3 rings (SSSR count). The SMILES string of the molecule is Cc1cc(C)cc(C(=O)N2CCC(c3nnc(C(C)C)o3)CC2)c1. The molecule has 1 aliphatic rings. The van der Waals surface area contributed by atoms with Gasteiger partial charge in [0.25, 0.3) is 5.91 Å². The van der Waals surface area contributed by atoms with Gasteiger partial charge in [0.2, 0.25) is 11.8 Å². The maximum atomic E-state index is 12.7. The third kappa shape index (κ3) is 3.50. The average Bonchev–Trinajstić information content (AvgIpc) is 3.03. The van der Waals surface area contributed by atoms with Gasteiger partial charge >= 0.3 is 0 Å². The Morgan fingerprint density at radius 3 is 2.29 bits per heavy atom. The van der Waals surface area contributed by atoms with Crippen LogP contribution in [0.1, 0.15) is 71.8 Å². The molecule has 128 valence electrons. The first-order valence-corrected chi connectivity index (χ1v) is 8.65. The largest absolute Gasteiger partial charge is 0.425 e. The summed E-state index contributed by atoms with van der Waals surface area (Å²) in [5.41, 5.74) is 3.03. The summed E-state index contributed by atoms with van der Waals surface area (Å²) in [6.45, 7) is 9.60. The third-order valence-electron chi connectivity index (χ3n) is 4.55. The van der Waals surface area contributed by atoms with Gasteiger partial charge in [0.15, 0.2) is 0 Å². The van der Waals surface area contributed by atoms with E-state index in [1.807, 2.05) is 44.7 Å². The van der Waals surface area contributed by atoms with Crippen molar-refractivity contribution in [3.63, 3.8) is 0 Å². The number of likely N-dealkylation sites (tertiary alicyclic amines) is 1. The number of carbonyl (C=O) groups excluding carboxylic acids is 1. The first-order chi connectivity index (χ1) is 11.4. The van der Waals surface area contributed by atoms with Crippen molar-refractivity contribution >= 4 is 5.91 Å². The fourth-order valence-corrected chi connectivity index (χ4v) is 3.26. The number of hydrogen-bond donors (Lipinski definition) is 0. The molecule has 0 bridgehead atoms. The quantitative estimate of drug-likeness (QED) is 0.859. The van der Waals surface area contributed by atoms with E-state index in [1.54, 1.807) is 0 Å². The second-order valence-corrected chi connectivity index (χ2v) is 7.08. The summed E-state index contributed by atoms with van der Waals surface area (Å²) in [6.07, 6.45) is 1.74. The average molecular weight is 327 g/mol. The fraction of sp³-hybridized carbons (Fsp3) is 0.526. The monoisotopic (exact) mass is 327 g/mol. The summed E-state index contributed by atoms with van der Waals surface area (Å²) in [5, 5.41) is 8.31. The van der Waals surface area contributed by atoms with E-state index in [9.17, 15) is 4.79 Å². The molecule has 0 atom stereocenters. The number of aromatic nitrogens is 2. The lowest BCUT2D eigenvalue weighted by molar-refractivity contribution is 0.0705. The van der Waals surface area contributed by atoms with Crippen molar-refractivity contribution in [1.29, 1.82) is 0 Å². The van der Waals surface area contributed by atoms with Gasteiger partial charge in [-0.05, 0) is 38.8 Å². The van der Waals surface area contributed by atoms with Crippen LogP contribution in [0.15, 0.2) is 22.6 Å². The molecule has 1 fully saturated rings. The molecule has 0 radical (unpaired) electrons. The zero-order valence-electron chi connectivity index (χ0n) is 14.9. The normalized spacial score (nSPS) is 16.0. The molecule has 1 amide bonds. The van der Waals surface area contributed by atoms with Crippen LogP contribution in [0.2, 0.25) is 0 Å². The van der Waals surface area contributed by atoms with Gasteiger partial charge in [-0.2, -0.15) is 0 Å². The maximum absolute atomic E-state index is 12.7. The van der Waals surface area contributed by atoms with E-state index >= 15 is 0 Å². The topological polar surface area (TPSA) is 59.2 Å². The van der Waals surface area contributed by atoms with Gasteiger partial charge < -0.3 is 9.32 Å². The summed E-state index contributed by atoms with van der Waals surface area (Å²) in [7, 11) is 0. The number of benzene rings is 1. The van der Waals surface area contributed by atoms with E-state index in [0.29, 0.717) is 5.89 Å². The van der Waals surface area contributed by atoms with Crippen LogP contribution in [-0.4, -0.2) is 34.1 Å². The number of aryl methyl sites for hydroxylation is 2. The van der Waals surface area contributed by atoms with Crippen LogP contribution in [-0.2, 0) is 0 Å². The number of carbonyl (C=O) groups is 1. The second kappa shape index (κ2) is 6.75. The Morgan fingerprint density at radius 1 is 1.12 bits per heavy atom. The van der Waals surface area contributed by atoms with Crippen LogP contribution in [0.25, 0.3) is 0 Å². The molecule has 2 heterocycles. The van der Waals surface area contributed by atoms with E-state index in [-0.39, 0.29) is 17.7 Å². The number of hydrogen-bond acceptors (Lipinski definition) is 4. The minimum Gasteiger partial charge on any atom is -0.425 e. The zero-order valence-corrected chi connectivity index (χ0v) is 14.9. The molecule has 2 aromatic rings. The van der Waals surface area contributed by atoms with Crippen molar-refractivity contribution in [2.45, 2.75) is 52.4 Å². The van der Waals surface area contributed by atoms with Crippen molar-refractivity contribution in [2.24, 2.45) is 0 Å². The predicted octanol–water partition coefficient (Wildman–Crippen LogP) is 3.83. The van der Waals surface area contributed by atoms with E-state index in [2.05, 4.69) is 16.3 Å². The number of nitrogens with zero attached hydrogens (tertiary/aromatic N) is 3. The van der Waals surface area contributed by atoms with Gasteiger partial charge in [-0.25, -0.2) is 0 Å². The van der Waals surface area contributed by atoms with E-state index in [1.165, 1.54) is 0 Å². The molecule has 0 N–H and O–H groups in total. The minimum absolute atomic E-state index is 0.119. The lowest BCUT2D eigenvalue weighted by Crippen LogP contribution is -2.38. The first kappa shape index (κ1) is 16.7. The van der Waals surface area contributed by atoms with Gasteiger partial charge in [0.1, 0.15) is 0 Å².